The van der Waals surface area contributed by atoms with Crippen LogP contribution in [0.5, 0.6) is 0 Å². The number of anilines is 1. The molecule has 1 fully saturated rings. The van der Waals surface area contributed by atoms with Crippen molar-refractivity contribution in [3.8, 4) is 0 Å². The van der Waals surface area contributed by atoms with E-state index in [1.54, 1.807) is 42.6 Å². The lowest BCUT2D eigenvalue weighted by Crippen LogP contribution is -2.23. The molecule has 1 aliphatic heterocycles. The molecule has 6 nitrogen and oxygen atoms in total. The number of benzene rings is 1. The van der Waals surface area contributed by atoms with E-state index in [4.69, 9.17) is 21.1 Å². The zero-order chi connectivity index (χ0) is 16.2. The summed E-state index contributed by atoms with van der Waals surface area (Å²) in [5, 5.41) is 0.380. The van der Waals surface area contributed by atoms with Crippen LogP contribution < -0.4 is 4.90 Å². The lowest BCUT2D eigenvalue weighted by Gasteiger charge is -2.13. The Morgan fingerprint density at radius 1 is 1.35 bits per heavy atom. The van der Waals surface area contributed by atoms with Gasteiger partial charge in [-0.25, -0.2) is 14.6 Å². The highest BCUT2D eigenvalue weighted by Crippen LogP contribution is 2.20. The first-order valence-corrected chi connectivity index (χ1v) is 7.33. The predicted molar refractivity (Wildman–Crippen MR) is 83.5 cm³/mol. The van der Waals surface area contributed by atoms with Crippen LogP contribution >= 0.6 is 11.6 Å². The number of amides is 1. The van der Waals surface area contributed by atoms with Crippen molar-refractivity contribution in [1.29, 1.82) is 0 Å². The molecule has 2 aromatic rings. The molecule has 0 bridgehead atoms. The molecule has 0 spiro atoms. The van der Waals surface area contributed by atoms with Crippen LogP contribution in [0.1, 0.15) is 15.9 Å². The fourth-order valence-corrected chi connectivity index (χ4v) is 2.26. The van der Waals surface area contributed by atoms with Crippen molar-refractivity contribution in [2.24, 2.45) is 0 Å². The van der Waals surface area contributed by atoms with E-state index in [0.717, 1.165) is 5.56 Å². The van der Waals surface area contributed by atoms with Crippen LogP contribution in [0.2, 0.25) is 5.15 Å². The second-order valence-electron chi connectivity index (χ2n) is 4.88. The Balaban J connectivity index is 1.67. The van der Waals surface area contributed by atoms with Gasteiger partial charge in [-0.05, 0) is 24.3 Å². The first-order valence-electron chi connectivity index (χ1n) is 6.95. The number of ether oxygens (including phenoxy) is 2. The van der Waals surface area contributed by atoms with Gasteiger partial charge in [-0.1, -0.05) is 23.7 Å². The van der Waals surface area contributed by atoms with Gasteiger partial charge in [0.1, 0.15) is 18.4 Å². The van der Waals surface area contributed by atoms with Gasteiger partial charge in [0.05, 0.1) is 12.1 Å². The summed E-state index contributed by atoms with van der Waals surface area (Å²) >= 11 is 5.70. The van der Waals surface area contributed by atoms with Gasteiger partial charge in [0, 0.05) is 17.4 Å². The second kappa shape index (κ2) is 6.66. The molecule has 0 saturated carbocycles. The Hall–Kier alpha value is -2.60. The van der Waals surface area contributed by atoms with Crippen LogP contribution in [0.3, 0.4) is 0 Å². The molecular formula is C16H13ClN2O4. The third-order valence-corrected chi connectivity index (χ3v) is 3.54. The van der Waals surface area contributed by atoms with Crippen LogP contribution in [0, 0.1) is 0 Å². The van der Waals surface area contributed by atoms with Gasteiger partial charge in [-0.15, -0.1) is 0 Å². The van der Waals surface area contributed by atoms with Crippen molar-refractivity contribution in [2.75, 3.05) is 18.1 Å². The molecule has 0 N–H and O–H groups in total. The lowest BCUT2D eigenvalue weighted by atomic mass is 10.2. The molecule has 1 aromatic carbocycles. The van der Waals surface area contributed by atoms with Crippen LogP contribution in [0.15, 0.2) is 42.6 Å². The van der Waals surface area contributed by atoms with Crippen molar-refractivity contribution in [3.05, 3.63) is 58.9 Å². The van der Waals surface area contributed by atoms with E-state index in [-0.39, 0.29) is 6.61 Å². The maximum absolute atomic E-state index is 12.1. The monoisotopic (exact) mass is 332 g/mol. The van der Waals surface area contributed by atoms with E-state index in [1.807, 2.05) is 0 Å². The largest absolute Gasteiger partial charge is 0.457 e. The summed E-state index contributed by atoms with van der Waals surface area (Å²) in [5.74, 6) is -0.477. The fourth-order valence-electron chi connectivity index (χ4n) is 2.15. The van der Waals surface area contributed by atoms with E-state index in [2.05, 4.69) is 4.98 Å². The zero-order valence-electron chi connectivity index (χ0n) is 12.1. The molecule has 0 unspecified atom stereocenters. The molecule has 2 heterocycles. The molecule has 3 rings (SSSR count). The Labute approximate surface area is 137 Å². The topological polar surface area (TPSA) is 68.7 Å². The second-order valence-corrected chi connectivity index (χ2v) is 5.27. The van der Waals surface area contributed by atoms with Gasteiger partial charge < -0.3 is 9.47 Å². The number of hydrogen-bond acceptors (Lipinski definition) is 5. The van der Waals surface area contributed by atoms with Crippen LogP contribution in [-0.2, 0) is 16.1 Å². The standard InChI is InChI=1S/C16H13ClN2O4/c17-14-5-4-11(9-18-14)10-23-15(20)12-2-1-3-13(8-12)19-6-7-22-16(19)21/h1-5,8-9H,6-7,10H2. The molecular weight excluding hydrogens is 320 g/mol. The smallest absolute Gasteiger partial charge is 0.414 e. The summed E-state index contributed by atoms with van der Waals surface area (Å²) in [4.78, 5) is 29.1. The van der Waals surface area contributed by atoms with E-state index in [0.29, 0.717) is 29.6 Å². The first-order chi connectivity index (χ1) is 11.1. The number of rotatable bonds is 4. The summed E-state index contributed by atoms with van der Waals surface area (Å²) in [6.45, 7) is 0.907. The molecule has 1 amide bonds. The number of hydrogen-bond donors (Lipinski definition) is 0. The average molecular weight is 333 g/mol. The number of carbonyl (C=O) groups is 2. The number of halogens is 1. The average Bonchev–Trinajstić information content (AvgIpc) is 3.00. The van der Waals surface area contributed by atoms with Crippen LogP contribution in [0.25, 0.3) is 0 Å². The number of aromatic nitrogens is 1. The Morgan fingerprint density at radius 3 is 2.91 bits per heavy atom. The first kappa shape index (κ1) is 15.3. The summed E-state index contributed by atoms with van der Waals surface area (Å²) in [6, 6.07) is 10.0. The predicted octanol–water partition coefficient (Wildman–Crippen LogP) is 3.05. The van der Waals surface area contributed by atoms with Gasteiger partial charge in [0.2, 0.25) is 0 Å². The van der Waals surface area contributed by atoms with Crippen molar-refractivity contribution in [1.82, 2.24) is 4.98 Å². The zero-order valence-corrected chi connectivity index (χ0v) is 12.8. The third kappa shape index (κ3) is 3.60. The molecule has 1 saturated heterocycles. The highest BCUT2D eigenvalue weighted by molar-refractivity contribution is 6.29. The minimum absolute atomic E-state index is 0.0962. The van der Waals surface area contributed by atoms with Crippen LogP contribution in [0.4, 0.5) is 10.5 Å². The maximum atomic E-state index is 12.1. The number of nitrogens with zero attached hydrogens (tertiary/aromatic N) is 2. The van der Waals surface area contributed by atoms with Gasteiger partial charge in [0.15, 0.2) is 0 Å². The molecule has 0 aliphatic carbocycles. The molecule has 7 heteroatoms. The van der Waals surface area contributed by atoms with E-state index < -0.39 is 12.1 Å². The molecule has 0 radical (unpaired) electrons. The molecule has 0 atom stereocenters. The summed E-state index contributed by atoms with van der Waals surface area (Å²) < 4.78 is 10.1. The van der Waals surface area contributed by atoms with Crippen molar-refractivity contribution >= 4 is 29.4 Å². The summed E-state index contributed by atoms with van der Waals surface area (Å²) in [6.07, 6.45) is 1.13. The Morgan fingerprint density at radius 2 is 2.22 bits per heavy atom. The Kier molecular flexibility index (Phi) is 4.43. The SMILES string of the molecule is O=C(OCc1ccc(Cl)nc1)c1cccc(N2CCOC2=O)c1. The molecule has 1 aliphatic rings. The quantitative estimate of drug-likeness (QED) is 0.636. The van der Waals surface area contributed by atoms with Gasteiger partial charge >= 0.3 is 12.1 Å². The normalized spacial score (nSPS) is 13.8. The number of carbonyl (C=O) groups excluding carboxylic acids is 2. The van der Waals surface area contributed by atoms with Crippen LogP contribution in [-0.4, -0.2) is 30.2 Å². The molecule has 118 valence electrons. The van der Waals surface area contributed by atoms with Gasteiger partial charge in [-0.3, -0.25) is 4.90 Å². The van der Waals surface area contributed by atoms with E-state index in [1.165, 1.54) is 4.90 Å². The Bertz CT molecular complexity index is 733. The van der Waals surface area contributed by atoms with Crippen molar-refractivity contribution in [3.63, 3.8) is 0 Å². The van der Waals surface area contributed by atoms with E-state index in [9.17, 15) is 9.59 Å². The maximum Gasteiger partial charge on any atom is 0.414 e. The molecule has 23 heavy (non-hydrogen) atoms. The summed E-state index contributed by atoms with van der Waals surface area (Å²) in [7, 11) is 0. The number of pyridine rings is 1. The lowest BCUT2D eigenvalue weighted by molar-refractivity contribution is 0.0472. The molecule has 1 aromatic heterocycles. The summed E-state index contributed by atoms with van der Waals surface area (Å²) in [5.41, 5.74) is 1.71. The highest BCUT2D eigenvalue weighted by atomic mass is 35.5. The van der Waals surface area contributed by atoms with Crippen molar-refractivity contribution < 1.29 is 19.1 Å². The van der Waals surface area contributed by atoms with E-state index >= 15 is 0 Å². The fraction of sp³-hybridized carbons (Fsp3) is 0.188. The van der Waals surface area contributed by atoms with Crippen molar-refractivity contribution in [2.45, 2.75) is 6.61 Å². The highest BCUT2D eigenvalue weighted by Gasteiger charge is 2.24. The van der Waals surface area contributed by atoms with Gasteiger partial charge in [0.25, 0.3) is 0 Å². The number of esters is 1. The minimum atomic E-state index is -0.477. The number of cyclic esters (lactones) is 1. The third-order valence-electron chi connectivity index (χ3n) is 3.31. The minimum Gasteiger partial charge on any atom is -0.457 e. The van der Waals surface area contributed by atoms with Gasteiger partial charge in [-0.2, -0.15) is 0 Å².